The number of hydrogen-bond donors (Lipinski definition) is 2. The molecule has 0 aliphatic heterocycles. The first-order valence-electron chi connectivity index (χ1n) is 9.03. The van der Waals surface area contributed by atoms with Gasteiger partial charge in [0, 0.05) is 17.6 Å². The highest BCUT2D eigenvalue weighted by molar-refractivity contribution is 6.04. The molecule has 0 unspecified atom stereocenters. The van der Waals surface area contributed by atoms with Crippen LogP contribution in [0.15, 0.2) is 67.0 Å². The summed E-state index contributed by atoms with van der Waals surface area (Å²) >= 11 is 0. The topological polar surface area (TPSA) is 89.5 Å². The number of carbonyl (C=O) groups excluding carboxylic acids is 2. The van der Waals surface area contributed by atoms with Gasteiger partial charge >= 0.3 is 5.97 Å². The molecule has 0 atom stereocenters. The maximum absolute atomic E-state index is 12.5. The van der Waals surface area contributed by atoms with E-state index >= 15 is 0 Å². The minimum Gasteiger partial charge on any atom is -0.494 e. The molecule has 2 N–H and O–H groups in total. The summed E-state index contributed by atoms with van der Waals surface area (Å²) in [5.74, 6) is 0.0779. The van der Waals surface area contributed by atoms with E-state index in [1.54, 1.807) is 60.8 Å². The van der Waals surface area contributed by atoms with Crippen LogP contribution in [-0.2, 0) is 4.74 Å². The quantitative estimate of drug-likeness (QED) is 0.585. The van der Waals surface area contributed by atoms with Crippen LogP contribution in [0.3, 0.4) is 0 Å². The van der Waals surface area contributed by atoms with Crippen molar-refractivity contribution >= 4 is 28.9 Å². The second kappa shape index (κ2) is 9.36. The van der Waals surface area contributed by atoms with Gasteiger partial charge in [-0.15, -0.1) is 0 Å². The highest BCUT2D eigenvalue weighted by Gasteiger charge is 2.09. The summed E-state index contributed by atoms with van der Waals surface area (Å²) in [5.41, 5.74) is 2.93. The number of carbonyl (C=O) groups is 2. The average molecular weight is 391 g/mol. The van der Waals surface area contributed by atoms with Gasteiger partial charge in [0.2, 0.25) is 0 Å². The minimum atomic E-state index is -0.397. The molecule has 148 valence electrons. The van der Waals surface area contributed by atoms with Gasteiger partial charge < -0.3 is 20.1 Å². The van der Waals surface area contributed by atoms with E-state index in [1.165, 1.54) is 13.3 Å². The number of hydrogen-bond acceptors (Lipinski definition) is 6. The second-order valence-electron chi connectivity index (χ2n) is 6.07. The van der Waals surface area contributed by atoms with Gasteiger partial charge in [-0.05, 0) is 61.5 Å². The largest absolute Gasteiger partial charge is 0.494 e. The maximum atomic E-state index is 12.5. The molecule has 0 saturated carbocycles. The Bertz CT molecular complexity index is 986. The van der Waals surface area contributed by atoms with Crippen LogP contribution < -0.4 is 15.4 Å². The SMILES string of the molecule is CCOc1ccc(NC(=O)c2cncc(Nc3ccc(C(=O)OC)cc3)c2)cc1. The van der Waals surface area contributed by atoms with Gasteiger partial charge in [0.05, 0.1) is 36.7 Å². The number of methoxy groups -OCH3 is 1. The molecule has 1 amide bonds. The Labute approximate surface area is 168 Å². The third-order valence-corrected chi connectivity index (χ3v) is 4.02. The van der Waals surface area contributed by atoms with Crippen molar-refractivity contribution in [3.8, 4) is 5.75 Å². The van der Waals surface area contributed by atoms with E-state index in [2.05, 4.69) is 20.4 Å². The maximum Gasteiger partial charge on any atom is 0.337 e. The number of nitrogens with one attached hydrogen (secondary N) is 2. The molecule has 1 aromatic heterocycles. The molecule has 0 spiro atoms. The fraction of sp³-hybridized carbons (Fsp3) is 0.136. The summed E-state index contributed by atoms with van der Waals surface area (Å²) in [5, 5.41) is 5.99. The van der Waals surface area contributed by atoms with Crippen LogP contribution in [0.25, 0.3) is 0 Å². The first-order valence-corrected chi connectivity index (χ1v) is 9.03. The Morgan fingerprint density at radius 1 is 0.897 bits per heavy atom. The molecule has 0 bridgehead atoms. The molecule has 0 radical (unpaired) electrons. The summed E-state index contributed by atoms with van der Waals surface area (Å²) in [6, 6.07) is 15.7. The normalized spacial score (nSPS) is 10.1. The summed E-state index contributed by atoms with van der Waals surface area (Å²) in [4.78, 5) is 28.1. The lowest BCUT2D eigenvalue weighted by Crippen LogP contribution is -2.12. The smallest absolute Gasteiger partial charge is 0.337 e. The predicted molar refractivity (Wildman–Crippen MR) is 111 cm³/mol. The van der Waals surface area contributed by atoms with Gasteiger partial charge in [-0.3, -0.25) is 9.78 Å². The molecule has 0 saturated heterocycles. The van der Waals surface area contributed by atoms with E-state index < -0.39 is 5.97 Å². The number of ether oxygens (including phenoxy) is 2. The zero-order chi connectivity index (χ0) is 20.6. The molecule has 2 aromatic carbocycles. The summed E-state index contributed by atoms with van der Waals surface area (Å²) < 4.78 is 10.1. The van der Waals surface area contributed by atoms with Crippen molar-refractivity contribution in [1.29, 1.82) is 0 Å². The molecule has 7 heteroatoms. The lowest BCUT2D eigenvalue weighted by Gasteiger charge is -2.10. The zero-order valence-electron chi connectivity index (χ0n) is 16.1. The van der Waals surface area contributed by atoms with Crippen LogP contribution in [0.1, 0.15) is 27.6 Å². The van der Waals surface area contributed by atoms with Crippen LogP contribution in [-0.4, -0.2) is 30.6 Å². The van der Waals surface area contributed by atoms with E-state index in [4.69, 9.17) is 4.74 Å². The third-order valence-electron chi connectivity index (χ3n) is 4.02. The fourth-order valence-electron chi connectivity index (χ4n) is 2.61. The Kier molecular flexibility index (Phi) is 6.42. The number of rotatable bonds is 7. The van der Waals surface area contributed by atoms with Crippen molar-refractivity contribution in [2.75, 3.05) is 24.4 Å². The molecule has 29 heavy (non-hydrogen) atoms. The van der Waals surface area contributed by atoms with E-state index in [0.717, 1.165) is 11.4 Å². The summed E-state index contributed by atoms with van der Waals surface area (Å²) in [7, 11) is 1.34. The van der Waals surface area contributed by atoms with Crippen molar-refractivity contribution < 1.29 is 19.1 Å². The molecule has 0 aliphatic carbocycles. The van der Waals surface area contributed by atoms with Crippen molar-refractivity contribution in [3.63, 3.8) is 0 Å². The zero-order valence-corrected chi connectivity index (χ0v) is 16.1. The Morgan fingerprint density at radius 3 is 2.24 bits per heavy atom. The van der Waals surface area contributed by atoms with Crippen molar-refractivity contribution in [2.45, 2.75) is 6.92 Å². The number of aromatic nitrogens is 1. The molecular weight excluding hydrogens is 370 g/mol. The molecule has 7 nitrogen and oxygen atoms in total. The Balaban J connectivity index is 1.66. The van der Waals surface area contributed by atoms with Crippen LogP contribution in [0.2, 0.25) is 0 Å². The van der Waals surface area contributed by atoms with Crippen LogP contribution in [0, 0.1) is 0 Å². The van der Waals surface area contributed by atoms with E-state index in [9.17, 15) is 9.59 Å². The number of amides is 1. The predicted octanol–water partition coefficient (Wildman–Crippen LogP) is 4.26. The Hall–Kier alpha value is -3.87. The molecule has 3 aromatic rings. The second-order valence-corrected chi connectivity index (χ2v) is 6.07. The van der Waals surface area contributed by atoms with Gasteiger partial charge in [0.1, 0.15) is 5.75 Å². The molecule has 3 rings (SSSR count). The number of nitrogens with zero attached hydrogens (tertiary/aromatic N) is 1. The van der Waals surface area contributed by atoms with Crippen molar-refractivity contribution in [1.82, 2.24) is 4.98 Å². The van der Waals surface area contributed by atoms with Crippen molar-refractivity contribution in [2.24, 2.45) is 0 Å². The van der Waals surface area contributed by atoms with Crippen LogP contribution in [0.5, 0.6) is 5.75 Å². The number of anilines is 3. The van der Waals surface area contributed by atoms with Gasteiger partial charge in [0.25, 0.3) is 5.91 Å². The third kappa shape index (κ3) is 5.32. The molecule has 1 heterocycles. The van der Waals surface area contributed by atoms with E-state index in [0.29, 0.717) is 29.1 Å². The number of pyridine rings is 1. The van der Waals surface area contributed by atoms with E-state index in [1.807, 2.05) is 6.92 Å². The highest BCUT2D eigenvalue weighted by atomic mass is 16.5. The molecule has 0 aliphatic rings. The van der Waals surface area contributed by atoms with Crippen molar-refractivity contribution in [3.05, 3.63) is 78.1 Å². The van der Waals surface area contributed by atoms with Crippen LogP contribution in [0.4, 0.5) is 17.1 Å². The first-order chi connectivity index (χ1) is 14.1. The van der Waals surface area contributed by atoms with Gasteiger partial charge in [-0.25, -0.2) is 4.79 Å². The average Bonchev–Trinajstić information content (AvgIpc) is 2.75. The van der Waals surface area contributed by atoms with Gasteiger partial charge in [0.15, 0.2) is 0 Å². The number of benzene rings is 2. The lowest BCUT2D eigenvalue weighted by atomic mass is 10.2. The van der Waals surface area contributed by atoms with E-state index in [-0.39, 0.29) is 5.91 Å². The standard InChI is InChI=1S/C22H21N3O4/c1-3-29-20-10-8-18(9-11-20)25-21(26)16-12-19(14-23-13-16)24-17-6-4-15(5-7-17)22(27)28-2/h4-14,24H,3H2,1-2H3,(H,25,26). The van der Waals surface area contributed by atoms with Gasteiger partial charge in [-0.2, -0.15) is 0 Å². The number of esters is 1. The fourth-order valence-corrected chi connectivity index (χ4v) is 2.61. The lowest BCUT2D eigenvalue weighted by molar-refractivity contribution is 0.0600. The highest BCUT2D eigenvalue weighted by Crippen LogP contribution is 2.20. The van der Waals surface area contributed by atoms with Gasteiger partial charge in [-0.1, -0.05) is 0 Å². The monoisotopic (exact) mass is 391 g/mol. The summed E-state index contributed by atoms with van der Waals surface area (Å²) in [6.07, 6.45) is 3.11. The summed E-state index contributed by atoms with van der Waals surface area (Å²) in [6.45, 7) is 2.50. The first kappa shape index (κ1) is 19.9. The molecule has 0 fully saturated rings. The molecular formula is C22H21N3O4. The Morgan fingerprint density at radius 2 is 1.59 bits per heavy atom. The minimum absolute atomic E-state index is 0.272. The van der Waals surface area contributed by atoms with Crippen LogP contribution >= 0.6 is 0 Å².